The van der Waals surface area contributed by atoms with E-state index in [9.17, 15) is 9.59 Å². The minimum atomic E-state index is -0.833. The van der Waals surface area contributed by atoms with Gasteiger partial charge in [0.25, 0.3) is 5.91 Å². The Bertz CT molecular complexity index is 512. The Hall–Kier alpha value is -2.24. The molecule has 0 saturated heterocycles. The highest BCUT2D eigenvalue weighted by Gasteiger charge is 2.22. The molecule has 0 aliphatic heterocycles. The summed E-state index contributed by atoms with van der Waals surface area (Å²) in [5, 5.41) is 0. The zero-order valence-corrected chi connectivity index (χ0v) is 12.9. The molecule has 0 saturated carbocycles. The number of ether oxygens (including phenoxy) is 2. The Balaban J connectivity index is 2.76. The SMILES string of the molecule is CCN(CC)C(=O)C(C)OC(=O)c1ccc(OC)c(N)c1. The van der Waals surface area contributed by atoms with Crippen molar-refractivity contribution < 1.29 is 19.1 Å². The van der Waals surface area contributed by atoms with Crippen LogP contribution in [0.2, 0.25) is 0 Å². The van der Waals surface area contributed by atoms with Crippen LogP contribution < -0.4 is 10.5 Å². The number of carbonyl (C=O) groups excluding carboxylic acids is 2. The van der Waals surface area contributed by atoms with Gasteiger partial charge in [-0.05, 0) is 39.0 Å². The molecular weight excluding hydrogens is 272 g/mol. The molecule has 21 heavy (non-hydrogen) atoms. The minimum absolute atomic E-state index is 0.213. The number of methoxy groups -OCH3 is 1. The first kappa shape index (κ1) is 16.8. The zero-order chi connectivity index (χ0) is 16.0. The lowest BCUT2D eigenvalue weighted by Crippen LogP contribution is -2.39. The van der Waals surface area contributed by atoms with Gasteiger partial charge in [0.2, 0.25) is 0 Å². The number of benzene rings is 1. The topological polar surface area (TPSA) is 81.9 Å². The van der Waals surface area contributed by atoms with E-state index in [1.54, 1.807) is 24.0 Å². The van der Waals surface area contributed by atoms with Crippen LogP contribution in [0.1, 0.15) is 31.1 Å². The number of nitrogens with zero attached hydrogens (tertiary/aromatic N) is 1. The molecule has 1 unspecified atom stereocenters. The van der Waals surface area contributed by atoms with Crippen LogP contribution in [0.5, 0.6) is 5.75 Å². The van der Waals surface area contributed by atoms with Crippen LogP contribution in [0.4, 0.5) is 5.69 Å². The summed E-state index contributed by atoms with van der Waals surface area (Å²) in [6, 6.07) is 4.60. The Kier molecular flexibility index (Phi) is 6.02. The summed E-state index contributed by atoms with van der Waals surface area (Å²) in [6.07, 6.45) is -0.833. The van der Waals surface area contributed by atoms with Crippen LogP contribution in [-0.4, -0.2) is 43.1 Å². The van der Waals surface area contributed by atoms with E-state index in [1.165, 1.54) is 13.2 Å². The largest absolute Gasteiger partial charge is 0.495 e. The third-order valence-electron chi connectivity index (χ3n) is 3.17. The number of nitrogen functional groups attached to an aromatic ring is 1. The van der Waals surface area contributed by atoms with Gasteiger partial charge in [-0.25, -0.2) is 4.79 Å². The Morgan fingerprint density at radius 3 is 2.38 bits per heavy atom. The molecule has 0 spiro atoms. The molecule has 1 rings (SSSR count). The fourth-order valence-electron chi connectivity index (χ4n) is 1.93. The fourth-order valence-corrected chi connectivity index (χ4v) is 1.93. The maximum absolute atomic E-state index is 12.0. The molecular formula is C15H22N2O4. The third-order valence-corrected chi connectivity index (χ3v) is 3.17. The number of amides is 1. The molecule has 0 aliphatic rings. The van der Waals surface area contributed by atoms with Gasteiger partial charge in [-0.15, -0.1) is 0 Å². The van der Waals surface area contributed by atoms with Crippen molar-refractivity contribution in [3.63, 3.8) is 0 Å². The van der Waals surface area contributed by atoms with Crippen LogP contribution >= 0.6 is 0 Å². The van der Waals surface area contributed by atoms with E-state index in [1.807, 2.05) is 13.8 Å². The lowest BCUT2D eigenvalue weighted by molar-refractivity contribution is -0.139. The predicted molar refractivity (Wildman–Crippen MR) is 80.2 cm³/mol. The molecule has 6 nitrogen and oxygen atoms in total. The normalized spacial score (nSPS) is 11.6. The summed E-state index contributed by atoms with van der Waals surface area (Å²) in [7, 11) is 1.49. The second kappa shape index (κ2) is 7.52. The Morgan fingerprint density at radius 2 is 1.90 bits per heavy atom. The van der Waals surface area contributed by atoms with E-state index in [4.69, 9.17) is 15.2 Å². The van der Waals surface area contributed by atoms with Gasteiger partial charge in [-0.3, -0.25) is 4.79 Å². The van der Waals surface area contributed by atoms with Gasteiger partial charge in [-0.1, -0.05) is 0 Å². The van der Waals surface area contributed by atoms with Crippen molar-refractivity contribution in [2.45, 2.75) is 26.9 Å². The Morgan fingerprint density at radius 1 is 1.29 bits per heavy atom. The maximum atomic E-state index is 12.0. The first-order valence-corrected chi connectivity index (χ1v) is 6.87. The summed E-state index contributed by atoms with van der Waals surface area (Å²) in [4.78, 5) is 25.7. The number of carbonyl (C=O) groups is 2. The number of hydrogen-bond donors (Lipinski definition) is 1. The summed E-state index contributed by atoms with van der Waals surface area (Å²) in [5.74, 6) is -0.314. The molecule has 1 atom stereocenters. The monoisotopic (exact) mass is 294 g/mol. The van der Waals surface area contributed by atoms with Gasteiger partial charge in [0.05, 0.1) is 18.4 Å². The highest BCUT2D eigenvalue weighted by Crippen LogP contribution is 2.22. The highest BCUT2D eigenvalue weighted by molar-refractivity contribution is 5.93. The van der Waals surface area contributed by atoms with Gasteiger partial charge in [0.15, 0.2) is 6.10 Å². The van der Waals surface area contributed by atoms with Crippen LogP contribution in [0.25, 0.3) is 0 Å². The molecule has 1 aromatic rings. The second-order valence-corrected chi connectivity index (χ2v) is 4.51. The van der Waals surface area contributed by atoms with Crippen molar-refractivity contribution in [1.29, 1.82) is 0 Å². The number of nitrogens with two attached hydrogens (primary N) is 1. The van der Waals surface area contributed by atoms with Crippen LogP contribution in [0.15, 0.2) is 18.2 Å². The van der Waals surface area contributed by atoms with Crippen LogP contribution in [0, 0.1) is 0 Å². The first-order valence-electron chi connectivity index (χ1n) is 6.87. The van der Waals surface area contributed by atoms with E-state index in [2.05, 4.69) is 0 Å². The fraction of sp³-hybridized carbons (Fsp3) is 0.467. The van der Waals surface area contributed by atoms with E-state index < -0.39 is 12.1 Å². The molecule has 2 N–H and O–H groups in total. The average Bonchev–Trinajstić information content (AvgIpc) is 2.48. The number of hydrogen-bond acceptors (Lipinski definition) is 5. The van der Waals surface area contributed by atoms with E-state index >= 15 is 0 Å². The molecule has 0 fully saturated rings. The lowest BCUT2D eigenvalue weighted by atomic mass is 10.2. The van der Waals surface area contributed by atoms with Crippen molar-refractivity contribution in [3.8, 4) is 5.75 Å². The van der Waals surface area contributed by atoms with Crippen molar-refractivity contribution in [3.05, 3.63) is 23.8 Å². The zero-order valence-electron chi connectivity index (χ0n) is 12.9. The van der Waals surface area contributed by atoms with Gasteiger partial charge in [0.1, 0.15) is 5.75 Å². The summed E-state index contributed by atoms with van der Waals surface area (Å²) >= 11 is 0. The first-order chi connectivity index (χ1) is 9.94. The van der Waals surface area contributed by atoms with Crippen molar-refractivity contribution >= 4 is 17.6 Å². The van der Waals surface area contributed by atoms with Crippen molar-refractivity contribution in [1.82, 2.24) is 4.90 Å². The smallest absolute Gasteiger partial charge is 0.338 e. The van der Waals surface area contributed by atoms with Gasteiger partial charge < -0.3 is 20.1 Å². The quantitative estimate of drug-likeness (QED) is 0.638. The summed E-state index contributed by atoms with van der Waals surface area (Å²) in [6.45, 7) is 6.46. The van der Waals surface area contributed by atoms with Crippen LogP contribution in [0.3, 0.4) is 0 Å². The van der Waals surface area contributed by atoms with Gasteiger partial charge in [0, 0.05) is 13.1 Å². The van der Waals surface area contributed by atoms with E-state index in [-0.39, 0.29) is 11.5 Å². The number of anilines is 1. The number of rotatable bonds is 6. The van der Waals surface area contributed by atoms with E-state index in [0.29, 0.717) is 24.5 Å². The van der Waals surface area contributed by atoms with Crippen molar-refractivity contribution in [2.24, 2.45) is 0 Å². The molecule has 0 bridgehead atoms. The molecule has 0 aliphatic carbocycles. The number of likely N-dealkylation sites (N-methyl/N-ethyl adjacent to an activating group) is 1. The standard InChI is InChI=1S/C15H22N2O4/c1-5-17(6-2)14(18)10(3)21-15(19)11-7-8-13(20-4)12(16)9-11/h7-10H,5-6,16H2,1-4H3. The molecule has 0 heterocycles. The van der Waals surface area contributed by atoms with E-state index in [0.717, 1.165) is 0 Å². The Labute approximate surface area is 124 Å². The van der Waals surface area contributed by atoms with Gasteiger partial charge in [-0.2, -0.15) is 0 Å². The summed E-state index contributed by atoms with van der Waals surface area (Å²) < 4.78 is 10.2. The minimum Gasteiger partial charge on any atom is -0.495 e. The average molecular weight is 294 g/mol. The number of esters is 1. The van der Waals surface area contributed by atoms with Gasteiger partial charge >= 0.3 is 5.97 Å². The maximum Gasteiger partial charge on any atom is 0.338 e. The molecule has 0 radical (unpaired) electrons. The molecule has 0 aromatic heterocycles. The molecule has 1 aromatic carbocycles. The molecule has 116 valence electrons. The summed E-state index contributed by atoms with van der Waals surface area (Å²) in [5.41, 5.74) is 6.37. The highest BCUT2D eigenvalue weighted by atomic mass is 16.5. The molecule has 6 heteroatoms. The second-order valence-electron chi connectivity index (χ2n) is 4.51. The third kappa shape index (κ3) is 4.11. The lowest BCUT2D eigenvalue weighted by Gasteiger charge is -2.22. The van der Waals surface area contributed by atoms with Crippen LogP contribution in [-0.2, 0) is 9.53 Å². The van der Waals surface area contributed by atoms with Crippen molar-refractivity contribution in [2.75, 3.05) is 25.9 Å². The predicted octanol–water partition coefficient (Wildman–Crippen LogP) is 1.69. The molecule has 1 amide bonds.